The van der Waals surface area contributed by atoms with Crippen molar-refractivity contribution in [1.82, 2.24) is 4.72 Å². The number of halogens is 1. The maximum atomic E-state index is 12.7. The van der Waals surface area contributed by atoms with Crippen molar-refractivity contribution in [2.24, 2.45) is 0 Å². The van der Waals surface area contributed by atoms with Gasteiger partial charge in [-0.25, -0.2) is 8.42 Å². The lowest BCUT2D eigenvalue weighted by Crippen LogP contribution is -2.44. The number of aryl methyl sites for hydroxylation is 2. The monoisotopic (exact) mass is 470 g/mol. The van der Waals surface area contributed by atoms with Gasteiger partial charge >= 0.3 is 0 Å². The van der Waals surface area contributed by atoms with Crippen LogP contribution in [0.4, 0.5) is 5.69 Å². The van der Waals surface area contributed by atoms with Crippen LogP contribution in [0.15, 0.2) is 51.8 Å². The Morgan fingerprint density at radius 2 is 1.78 bits per heavy atom. The van der Waals surface area contributed by atoms with Crippen LogP contribution in [0.25, 0.3) is 0 Å². The van der Waals surface area contributed by atoms with Gasteiger partial charge in [0, 0.05) is 10.2 Å². The van der Waals surface area contributed by atoms with Gasteiger partial charge in [-0.3, -0.25) is 4.79 Å². The van der Waals surface area contributed by atoms with Crippen molar-refractivity contribution in [1.29, 1.82) is 0 Å². The van der Waals surface area contributed by atoms with Crippen LogP contribution in [0.2, 0.25) is 0 Å². The number of thioether (sulfide) groups is 1. The molecule has 0 aromatic heterocycles. The molecule has 146 valence electrons. The van der Waals surface area contributed by atoms with Gasteiger partial charge in [-0.15, -0.1) is 0 Å². The third kappa shape index (κ3) is 6.34. The van der Waals surface area contributed by atoms with E-state index in [0.29, 0.717) is 17.9 Å². The van der Waals surface area contributed by atoms with Gasteiger partial charge in [-0.05, 0) is 79.8 Å². The Morgan fingerprint density at radius 3 is 2.37 bits per heavy atom. The first-order valence-corrected chi connectivity index (χ1v) is 12.0. The number of benzene rings is 2. The fourth-order valence-corrected chi connectivity index (χ4v) is 4.36. The summed E-state index contributed by atoms with van der Waals surface area (Å²) in [5.74, 6) is 0.293. The lowest BCUT2D eigenvalue weighted by molar-refractivity contribution is -0.117. The van der Waals surface area contributed by atoms with Crippen molar-refractivity contribution < 1.29 is 13.2 Å². The quantitative estimate of drug-likeness (QED) is 0.608. The minimum absolute atomic E-state index is 0.124. The molecule has 0 saturated carbocycles. The van der Waals surface area contributed by atoms with E-state index in [2.05, 4.69) is 26.0 Å². The molecule has 2 aromatic carbocycles. The minimum Gasteiger partial charge on any atom is -0.325 e. The molecule has 2 N–H and O–H groups in total. The summed E-state index contributed by atoms with van der Waals surface area (Å²) in [6, 6.07) is 11.1. The molecule has 2 rings (SSSR count). The largest absolute Gasteiger partial charge is 0.325 e. The highest BCUT2D eigenvalue weighted by Crippen LogP contribution is 2.17. The van der Waals surface area contributed by atoms with Crippen molar-refractivity contribution in [3.05, 3.63) is 58.1 Å². The van der Waals surface area contributed by atoms with Crippen molar-refractivity contribution in [2.45, 2.75) is 31.2 Å². The molecule has 0 radical (unpaired) electrons. The first-order chi connectivity index (χ1) is 12.7. The van der Waals surface area contributed by atoms with Gasteiger partial charge in [0.15, 0.2) is 0 Å². The Labute approximate surface area is 173 Å². The molecular formula is C19H23BrN2O3S2. The van der Waals surface area contributed by atoms with Gasteiger partial charge in [0.1, 0.15) is 6.04 Å². The molecule has 1 unspecified atom stereocenters. The molecule has 27 heavy (non-hydrogen) atoms. The molecule has 0 fully saturated rings. The standard InChI is InChI=1S/C19H23BrN2O3S2/c1-13-4-7-16(12-14(13)2)21-19(23)18(10-11-26-3)22-27(24,25)17-8-5-15(20)6-9-17/h4-9,12,18,22H,10-11H2,1-3H3,(H,21,23). The fraction of sp³-hybridized carbons (Fsp3) is 0.316. The Kier molecular flexibility index (Phi) is 7.91. The Hall–Kier alpha value is -1.35. The molecule has 8 heteroatoms. The number of nitrogens with one attached hydrogen (secondary N) is 2. The molecule has 1 amide bonds. The summed E-state index contributed by atoms with van der Waals surface area (Å²) in [4.78, 5) is 12.8. The number of amides is 1. The van der Waals surface area contributed by atoms with E-state index >= 15 is 0 Å². The van der Waals surface area contributed by atoms with Crippen molar-refractivity contribution in [3.63, 3.8) is 0 Å². The number of anilines is 1. The maximum absolute atomic E-state index is 12.7. The fourth-order valence-electron chi connectivity index (χ4n) is 2.40. The second-order valence-electron chi connectivity index (χ2n) is 6.20. The highest BCUT2D eigenvalue weighted by molar-refractivity contribution is 9.10. The topological polar surface area (TPSA) is 75.3 Å². The van der Waals surface area contributed by atoms with E-state index in [1.807, 2.05) is 38.3 Å². The van der Waals surface area contributed by atoms with Gasteiger partial charge in [0.05, 0.1) is 4.90 Å². The lowest BCUT2D eigenvalue weighted by atomic mass is 10.1. The maximum Gasteiger partial charge on any atom is 0.242 e. The van der Waals surface area contributed by atoms with E-state index in [1.54, 1.807) is 23.9 Å². The molecule has 0 aliphatic carbocycles. The van der Waals surface area contributed by atoms with Crippen LogP contribution in [0, 0.1) is 13.8 Å². The number of hydrogen-bond acceptors (Lipinski definition) is 4. The smallest absolute Gasteiger partial charge is 0.242 e. The first kappa shape index (κ1) is 21.9. The Morgan fingerprint density at radius 1 is 1.11 bits per heavy atom. The zero-order valence-electron chi connectivity index (χ0n) is 15.5. The second-order valence-corrected chi connectivity index (χ2v) is 9.81. The highest BCUT2D eigenvalue weighted by atomic mass is 79.9. The van der Waals surface area contributed by atoms with Crippen LogP contribution in [-0.2, 0) is 14.8 Å². The van der Waals surface area contributed by atoms with Gasteiger partial charge in [-0.1, -0.05) is 22.0 Å². The molecule has 0 aliphatic heterocycles. The molecule has 1 atom stereocenters. The van der Waals surface area contributed by atoms with Gasteiger partial charge in [0.2, 0.25) is 15.9 Å². The zero-order valence-corrected chi connectivity index (χ0v) is 18.7. The van der Waals surface area contributed by atoms with Gasteiger partial charge in [0.25, 0.3) is 0 Å². The lowest BCUT2D eigenvalue weighted by Gasteiger charge is -2.19. The third-order valence-corrected chi connectivity index (χ3v) is 6.78. The molecular weight excluding hydrogens is 448 g/mol. The zero-order chi connectivity index (χ0) is 20.0. The van der Waals surface area contributed by atoms with Crippen LogP contribution >= 0.6 is 27.7 Å². The molecule has 5 nitrogen and oxygen atoms in total. The van der Waals surface area contributed by atoms with Crippen molar-refractivity contribution in [3.8, 4) is 0 Å². The van der Waals surface area contributed by atoms with Crippen LogP contribution in [0.1, 0.15) is 17.5 Å². The summed E-state index contributed by atoms with van der Waals surface area (Å²) >= 11 is 4.85. The van der Waals surface area contributed by atoms with E-state index in [9.17, 15) is 13.2 Å². The number of sulfonamides is 1. The Balaban J connectivity index is 2.18. The minimum atomic E-state index is -3.80. The number of rotatable bonds is 8. The second kappa shape index (κ2) is 9.73. The SMILES string of the molecule is CSCCC(NS(=O)(=O)c1ccc(Br)cc1)C(=O)Nc1ccc(C)c(C)c1. The van der Waals surface area contributed by atoms with Gasteiger partial charge in [-0.2, -0.15) is 16.5 Å². The van der Waals surface area contributed by atoms with E-state index in [4.69, 9.17) is 0 Å². The van der Waals surface area contributed by atoms with E-state index in [-0.39, 0.29) is 10.8 Å². The third-order valence-electron chi connectivity index (χ3n) is 4.12. The Bertz CT molecular complexity index is 900. The van der Waals surface area contributed by atoms with Crippen molar-refractivity contribution in [2.75, 3.05) is 17.3 Å². The van der Waals surface area contributed by atoms with Crippen LogP contribution in [0.3, 0.4) is 0 Å². The number of hydrogen-bond donors (Lipinski definition) is 2. The van der Waals surface area contributed by atoms with E-state index < -0.39 is 16.1 Å². The van der Waals surface area contributed by atoms with E-state index in [1.165, 1.54) is 12.1 Å². The van der Waals surface area contributed by atoms with Crippen LogP contribution in [-0.4, -0.2) is 32.4 Å². The molecule has 0 bridgehead atoms. The van der Waals surface area contributed by atoms with Crippen LogP contribution < -0.4 is 10.0 Å². The molecule has 0 saturated heterocycles. The average Bonchev–Trinajstić information content (AvgIpc) is 2.62. The number of carbonyl (C=O) groups is 1. The highest BCUT2D eigenvalue weighted by Gasteiger charge is 2.25. The summed E-state index contributed by atoms with van der Waals surface area (Å²) in [5, 5.41) is 2.82. The van der Waals surface area contributed by atoms with Crippen LogP contribution in [0.5, 0.6) is 0 Å². The summed E-state index contributed by atoms with van der Waals surface area (Å²) in [7, 11) is -3.80. The predicted molar refractivity (Wildman–Crippen MR) is 116 cm³/mol. The normalized spacial score (nSPS) is 12.6. The summed E-state index contributed by atoms with van der Waals surface area (Å²) < 4.78 is 28.6. The average molecular weight is 471 g/mol. The number of carbonyl (C=O) groups excluding carboxylic acids is 1. The molecule has 2 aromatic rings. The summed E-state index contributed by atoms with van der Waals surface area (Å²) in [6.45, 7) is 3.96. The van der Waals surface area contributed by atoms with Crippen molar-refractivity contribution >= 4 is 49.3 Å². The molecule has 0 spiro atoms. The first-order valence-electron chi connectivity index (χ1n) is 8.38. The molecule has 0 heterocycles. The van der Waals surface area contributed by atoms with E-state index in [0.717, 1.165) is 15.6 Å². The van der Waals surface area contributed by atoms with Gasteiger partial charge < -0.3 is 5.32 Å². The summed E-state index contributed by atoms with van der Waals surface area (Å²) in [5.41, 5.74) is 2.84. The molecule has 0 aliphatic rings. The predicted octanol–water partition coefficient (Wildman–Crippen LogP) is 4.10. The summed E-state index contributed by atoms with van der Waals surface area (Å²) in [6.07, 6.45) is 2.31.